The Hall–Kier alpha value is -3.29. The van der Waals surface area contributed by atoms with E-state index in [1.54, 1.807) is 0 Å². The Bertz CT molecular complexity index is 956. The molecule has 0 fully saturated rings. The van der Waals surface area contributed by atoms with Crippen LogP contribution in [0, 0.1) is 16.0 Å². The lowest BCUT2D eigenvalue weighted by Gasteiger charge is -2.24. The van der Waals surface area contributed by atoms with Gasteiger partial charge in [-0.2, -0.15) is 0 Å². The zero-order valence-electron chi connectivity index (χ0n) is 19.7. The van der Waals surface area contributed by atoms with Gasteiger partial charge in [-0.15, -0.1) is 0 Å². The summed E-state index contributed by atoms with van der Waals surface area (Å²) in [7, 11) is 4.02. The fourth-order valence-electron chi connectivity index (χ4n) is 3.62. The normalized spacial score (nSPS) is 12.8. The molecule has 2 rings (SSSR count). The van der Waals surface area contributed by atoms with E-state index in [-0.39, 0.29) is 34.8 Å². The van der Waals surface area contributed by atoms with Crippen molar-refractivity contribution in [1.82, 2.24) is 5.32 Å². The topological polar surface area (TPSA) is 99.9 Å². The third kappa shape index (κ3) is 5.12. The lowest BCUT2D eigenvalue weighted by molar-refractivity contribution is -0.386. The van der Waals surface area contributed by atoms with Crippen LogP contribution >= 0.6 is 0 Å². The molecule has 0 heterocycles. The molecule has 0 saturated carbocycles. The molecule has 2 aromatic carbocycles. The first-order valence-corrected chi connectivity index (χ1v) is 10.6. The van der Waals surface area contributed by atoms with Gasteiger partial charge in [-0.1, -0.05) is 52.0 Å². The van der Waals surface area contributed by atoms with Crippen LogP contribution in [0.25, 0.3) is 0 Å². The van der Waals surface area contributed by atoms with Crippen molar-refractivity contribution in [2.24, 2.45) is 5.92 Å². The first kappa shape index (κ1) is 25.0. The van der Waals surface area contributed by atoms with Crippen LogP contribution in [0.15, 0.2) is 30.3 Å². The number of nitro groups is 1. The highest BCUT2D eigenvalue weighted by atomic mass is 16.6. The van der Waals surface area contributed by atoms with E-state index >= 15 is 0 Å². The van der Waals surface area contributed by atoms with Gasteiger partial charge in [0.25, 0.3) is 5.91 Å². The lowest BCUT2D eigenvalue weighted by Crippen LogP contribution is -2.32. The van der Waals surface area contributed by atoms with Crippen molar-refractivity contribution in [3.63, 3.8) is 0 Å². The summed E-state index contributed by atoms with van der Waals surface area (Å²) in [4.78, 5) is 24.4. The minimum atomic E-state index is -0.652. The standard InChI is InChI=1S/C24H32N2O6/c1-8-15(4)16-9-11-17(12-10-16)20(14(2)3)25-24(27)18-13-19(30-5)22(31-6)23(32-7)21(18)26(28)29/h9-15,20H,8H2,1-7H3,(H,25,27). The van der Waals surface area contributed by atoms with Crippen LogP contribution in [0.4, 0.5) is 5.69 Å². The van der Waals surface area contributed by atoms with Crippen LogP contribution in [0.3, 0.4) is 0 Å². The van der Waals surface area contributed by atoms with E-state index < -0.39 is 16.5 Å². The Labute approximate surface area is 189 Å². The monoisotopic (exact) mass is 444 g/mol. The highest BCUT2D eigenvalue weighted by molar-refractivity contribution is 6.01. The summed E-state index contributed by atoms with van der Waals surface area (Å²) in [6.45, 7) is 8.27. The average Bonchev–Trinajstić information content (AvgIpc) is 2.79. The highest BCUT2D eigenvalue weighted by Crippen LogP contribution is 2.46. The van der Waals surface area contributed by atoms with Gasteiger partial charge >= 0.3 is 5.69 Å². The van der Waals surface area contributed by atoms with Gasteiger partial charge in [0.15, 0.2) is 5.75 Å². The van der Waals surface area contributed by atoms with Gasteiger partial charge in [0, 0.05) is 6.07 Å². The summed E-state index contributed by atoms with van der Waals surface area (Å²) in [6.07, 6.45) is 1.04. The number of benzene rings is 2. The maximum atomic E-state index is 13.2. The Morgan fingerprint density at radius 3 is 2.00 bits per heavy atom. The Kier molecular flexibility index (Phi) is 8.46. The van der Waals surface area contributed by atoms with Crippen molar-refractivity contribution >= 4 is 11.6 Å². The molecule has 174 valence electrons. The van der Waals surface area contributed by atoms with E-state index in [1.807, 2.05) is 26.0 Å². The molecule has 0 bridgehead atoms. The van der Waals surface area contributed by atoms with Gasteiger partial charge in [-0.25, -0.2) is 0 Å². The Balaban J connectivity index is 2.49. The smallest absolute Gasteiger partial charge is 0.327 e. The molecule has 0 aliphatic heterocycles. The third-order valence-corrected chi connectivity index (χ3v) is 5.66. The van der Waals surface area contributed by atoms with Crippen LogP contribution < -0.4 is 19.5 Å². The molecule has 1 N–H and O–H groups in total. The summed E-state index contributed by atoms with van der Waals surface area (Å²) >= 11 is 0. The predicted octanol–water partition coefficient (Wildman–Crippen LogP) is 5.26. The minimum absolute atomic E-state index is 0.0505. The first-order chi connectivity index (χ1) is 15.2. The number of hydrogen-bond donors (Lipinski definition) is 1. The predicted molar refractivity (Wildman–Crippen MR) is 123 cm³/mol. The number of carbonyl (C=O) groups excluding carboxylic acids is 1. The van der Waals surface area contributed by atoms with Crippen LogP contribution in [-0.2, 0) is 0 Å². The third-order valence-electron chi connectivity index (χ3n) is 5.66. The molecule has 0 saturated heterocycles. The molecule has 0 aliphatic carbocycles. The van der Waals surface area contributed by atoms with Crippen molar-refractivity contribution in [3.05, 3.63) is 57.1 Å². The summed E-state index contributed by atoms with van der Waals surface area (Å²) < 4.78 is 15.7. The van der Waals surface area contributed by atoms with Crippen LogP contribution in [0.1, 0.15) is 67.6 Å². The van der Waals surface area contributed by atoms with Crippen molar-refractivity contribution in [2.75, 3.05) is 21.3 Å². The number of carbonyl (C=O) groups is 1. The molecule has 0 radical (unpaired) electrons. The lowest BCUT2D eigenvalue weighted by atomic mass is 9.92. The summed E-state index contributed by atoms with van der Waals surface area (Å²) in [5, 5.41) is 14.8. The largest absolute Gasteiger partial charge is 0.493 e. The SMILES string of the molecule is CCC(C)c1ccc(C(NC(=O)c2cc(OC)c(OC)c(OC)c2[N+](=O)[O-])C(C)C)cc1. The van der Waals surface area contributed by atoms with Crippen LogP contribution in [0.5, 0.6) is 17.2 Å². The Morgan fingerprint density at radius 1 is 1.00 bits per heavy atom. The summed E-state index contributed by atoms with van der Waals surface area (Å²) in [5.74, 6) is -0.0485. The zero-order chi connectivity index (χ0) is 24.0. The van der Waals surface area contributed by atoms with Gasteiger partial charge < -0.3 is 19.5 Å². The number of rotatable bonds is 10. The molecule has 8 nitrogen and oxygen atoms in total. The number of hydrogen-bond acceptors (Lipinski definition) is 6. The Morgan fingerprint density at radius 2 is 1.56 bits per heavy atom. The van der Waals surface area contributed by atoms with Gasteiger partial charge in [-0.05, 0) is 29.4 Å². The number of nitro benzene ring substituents is 1. The fourth-order valence-corrected chi connectivity index (χ4v) is 3.62. The average molecular weight is 445 g/mol. The second kappa shape index (κ2) is 10.8. The van der Waals surface area contributed by atoms with Crippen molar-refractivity contribution < 1.29 is 23.9 Å². The number of nitrogens with zero attached hydrogens (tertiary/aromatic N) is 1. The number of methoxy groups -OCH3 is 3. The zero-order valence-corrected chi connectivity index (χ0v) is 19.7. The summed E-state index contributed by atoms with van der Waals surface area (Å²) in [6, 6.07) is 9.08. The highest BCUT2D eigenvalue weighted by Gasteiger charge is 2.33. The maximum absolute atomic E-state index is 13.2. The minimum Gasteiger partial charge on any atom is -0.493 e. The van der Waals surface area contributed by atoms with E-state index in [0.29, 0.717) is 5.92 Å². The second-order valence-corrected chi connectivity index (χ2v) is 7.97. The van der Waals surface area contributed by atoms with Gasteiger partial charge in [0.1, 0.15) is 5.56 Å². The van der Waals surface area contributed by atoms with Crippen LogP contribution in [-0.4, -0.2) is 32.2 Å². The molecule has 32 heavy (non-hydrogen) atoms. The van der Waals surface area contributed by atoms with Crippen molar-refractivity contribution in [2.45, 2.75) is 46.1 Å². The van der Waals surface area contributed by atoms with Gasteiger partial charge in [-0.3, -0.25) is 14.9 Å². The van der Waals surface area contributed by atoms with Crippen molar-refractivity contribution in [1.29, 1.82) is 0 Å². The fraction of sp³-hybridized carbons (Fsp3) is 0.458. The number of nitrogens with one attached hydrogen (secondary N) is 1. The van der Waals surface area contributed by atoms with Crippen molar-refractivity contribution in [3.8, 4) is 17.2 Å². The maximum Gasteiger partial charge on any atom is 0.327 e. The quantitative estimate of drug-likeness (QED) is 0.396. The number of amides is 1. The summed E-state index contributed by atoms with van der Waals surface area (Å²) in [5.41, 5.74) is 1.52. The van der Waals surface area contributed by atoms with E-state index in [9.17, 15) is 14.9 Å². The molecule has 0 aliphatic rings. The van der Waals surface area contributed by atoms with E-state index in [1.165, 1.54) is 33.0 Å². The number of ether oxygens (including phenoxy) is 3. The molecule has 0 spiro atoms. The van der Waals surface area contributed by atoms with Crippen LogP contribution in [0.2, 0.25) is 0 Å². The van der Waals surface area contributed by atoms with E-state index in [0.717, 1.165) is 12.0 Å². The molecule has 2 atom stereocenters. The van der Waals surface area contributed by atoms with Gasteiger partial charge in [0.2, 0.25) is 11.5 Å². The van der Waals surface area contributed by atoms with Gasteiger partial charge in [0.05, 0.1) is 32.3 Å². The molecule has 8 heteroatoms. The molecule has 0 aromatic heterocycles. The first-order valence-electron chi connectivity index (χ1n) is 10.6. The van der Waals surface area contributed by atoms with E-state index in [4.69, 9.17) is 14.2 Å². The molecule has 2 aromatic rings. The molecular weight excluding hydrogens is 412 g/mol. The van der Waals surface area contributed by atoms with E-state index in [2.05, 4.69) is 31.3 Å². The molecular formula is C24H32N2O6. The second-order valence-electron chi connectivity index (χ2n) is 7.97. The molecule has 2 unspecified atom stereocenters. The molecule has 1 amide bonds.